The van der Waals surface area contributed by atoms with Crippen LogP contribution in [0.15, 0.2) is 67.3 Å². The third kappa shape index (κ3) is 9.07. The van der Waals surface area contributed by atoms with E-state index in [1.807, 2.05) is 44.2 Å². The fraction of sp³-hybridized carbons (Fsp3) is 0.333. The Bertz CT molecular complexity index is 1020. The molecule has 0 aromatic heterocycles. The molecule has 0 saturated carbocycles. The minimum atomic E-state index is -3.47. The molecule has 2 amide bonds. The first-order valence-corrected chi connectivity index (χ1v) is 12.3. The van der Waals surface area contributed by atoms with Crippen LogP contribution in [0.3, 0.4) is 0 Å². The van der Waals surface area contributed by atoms with Crippen molar-refractivity contribution in [3.63, 3.8) is 0 Å². The molecule has 2 aromatic carbocycles. The Morgan fingerprint density at radius 1 is 1.06 bits per heavy atom. The molecule has 0 radical (unpaired) electrons. The summed E-state index contributed by atoms with van der Waals surface area (Å²) in [6.07, 6.45) is 1.47. The number of nitrogens with one attached hydrogen (secondary N) is 3. The molecule has 0 aliphatic heterocycles. The molecule has 2 atom stereocenters. The number of alkyl carbamates (subject to hydrolysis) is 1. The van der Waals surface area contributed by atoms with E-state index in [-0.39, 0.29) is 30.7 Å². The lowest BCUT2D eigenvalue weighted by atomic mass is 9.98. The Morgan fingerprint density at radius 2 is 1.73 bits per heavy atom. The number of rotatable bonds is 12. The number of amides is 2. The van der Waals surface area contributed by atoms with E-state index in [9.17, 15) is 18.0 Å². The van der Waals surface area contributed by atoms with Crippen LogP contribution in [0, 0.1) is 5.92 Å². The minimum absolute atomic E-state index is 0.105. The Balaban J connectivity index is 1.97. The average molecular weight is 474 g/mol. The van der Waals surface area contributed by atoms with Gasteiger partial charge < -0.3 is 15.4 Å². The van der Waals surface area contributed by atoms with Crippen molar-refractivity contribution in [1.82, 2.24) is 10.0 Å². The molecule has 3 N–H and O–H groups in total. The second-order valence-electron chi connectivity index (χ2n) is 7.65. The fourth-order valence-electron chi connectivity index (χ4n) is 2.95. The van der Waals surface area contributed by atoms with Crippen LogP contribution < -0.4 is 15.4 Å². The molecule has 0 unspecified atom stereocenters. The number of ether oxygens (including phenoxy) is 1. The Kier molecular flexibility index (Phi) is 10.1. The van der Waals surface area contributed by atoms with Gasteiger partial charge in [0, 0.05) is 12.2 Å². The SMILES string of the molecule is C=CCNS(=O)(=O)Cc1ccc(NC(=O)[C@@H](NC(=O)OCc2ccccc2)[C@@H](C)CC)cc1. The summed E-state index contributed by atoms with van der Waals surface area (Å²) >= 11 is 0. The highest BCUT2D eigenvalue weighted by molar-refractivity contribution is 7.88. The zero-order valence-electron chi connectivity index (χ0n) is 18.9. The molecule has 9 heteroatoms. The predicted molar refractivity (Wildman–Crippen MR) is 129 cm³/mol. The van der Waals surface area contributed by atoms with Crippen LogP contribution in [0.2, 0.25) is 0 Å². The number of carbonyl (C=O) groups is 2. The standard InChI is InChI=1S/C24H31N3O5S/c1-4-15-25-33(30,31)17-20-11-13-21(14-12-20)26-23(28)22(18(3)5-2)27-24(29)32-16-19-9-7-6-8-10-19/h4,6-14,18,22,25H,1,5,15-17H2,2-3H3,(H,26,28)(H,27,29)/t18-,22-/m0/s1. The molecule has 2 aromatic rings. The summed E-state index contributed by atoms with van der Waals surface area (Å²) in [4.78, 5) is 25.1. The zero-order chi connectivity index (χ0) is 24.3. The number of carbonyl (C=O) groups excluding carboxylic acids is 2. The highest BCUT2D eigenvalue weighted by Crippen LogP contribution is 2.15. The fourth-order valence-corrected chi connectivity index (χ4v) is 4.06. The smallest absolute Gasteiger partial charge is 0.408 e. The van der Waals surface area contributed by atoms with Gasteiger partial charge in [-0.1, -0.05) is 68.8 Å². The molecular weight excluding hydrogens is 442 g/mol. The van der Waals surface area contributed by atoms with Crippen molar-refractivity contribution in [2.45, 2.75) is 38.7 Å². The molecule has 0 bridgehead atoms. The highest BCUT2D eigenvalue weighted by atomic mass is 32.2. The van der Waals surface area contributed by atoms with Crippen LogP contribution in [0.25, 0.3) is 0 Å². The van der Waals surface area contributed by atoms with Crippen molar-refractivity contribution in [2.24, 2.45) is 5.92 Å². The third-order valence-corrected chi connectivity index (χ3v) is 6.33. The largest absolute Gasteiger partial charge is 0.445 e. The molecule has 0 spiro atoms. The van der Waals surface area contributed by atoms with Crippen LogP contribution in [0.4, 0.5) is 10.5 Å². The summed E-state index contributed by atoms with van der Waals surface area (Å²) < 4.78 is 31.6. The van der Waals surface area contributed by atoms with E-state index in [2.05, 4.69) is 21.9 Å². The van der Waals surface area contributed by atoms with E-state index in [0.717, 1.165) is 5.56 Å². The topological polar surface area (TPSA) is 114 Å². The summed E-state index contributed by atoms with van der Waals surface area (Å²) in [5, 5.41) is 5.42. The molecule has 0 aliphatic rings. The molecule has 0 fully saturated rings. The van der Waals surface area contributed by atoms with Crippen LogP contribution in [-0.2, 0) is 31.9 Å². The molecule has 0 heterocycles. The molecule has 178 valence electrons. The first-order valence-electron chi connectivity index (χ1n) is 10.7. The van der Waals surface area contributed by atoms with Gasteiger partial charge in [-0.2, -0.15) is 0 Å². The summed E-state index contributed by atoms with van der Waals surface area (Å²) in [5.74, 6) is -0.692. The van der Waals surface area contributed by atoms with Gasteiger partial charge in [0.15, 0.2) is 0 Å². The third-order valence-electron chi connectivity index (χ3n) is 5.01. The normalized spacial score (nSPS) is 12.9. The van der Waals surface area contributed by atoms with Crippen molar-refractivity contribution < 1.29 is 22.7 Å². The number of hydrogen-bond donors (Lipinski definition) is 3. The molecule has 0 aliphatic carbocycles. The number of benzene rings is 2. The van der Waals surface area contributed by atoms with E-state index < -0.39 is 22.2 Å². The van der Waals surface area contributed by atoms with Crippen LogP contribution >= 0.6 is 0 Å². The molecule has 0 saturated heterocycles. The lowest BCUT2D eigenvalue weighted by molar-refractivity contribution is -0.119. The second-order valence-corrected chi connectivity index (χ2v) is 9.46. The van der Waals surface area contributed by atoms with Crippen molar-refractivity contribution in [3.05, 3.63) is 78.4 Å². The van der Waals surface area contributed by atoms with Gasteiger partial charge in [-0.15, -0.1) is 6.58 Å². The molecule has 8 nitrogen and oxygen atoms in total. The Hall–Kier alpha value is -3.17. The Morgan fingerprint density at radius 3 is 2.33 bits per heavy atom. The molecule has 2 rings (SSSR count). The van der Waals surface area contributed by atoms with Crippen LogP contribution in [0.5, 0.6) is 0 Å². The highest BCUT2D eigenvalue weighted by Gasteiger charge is 2.26. The van der Waals surface area contributed by atoms with Crippen molar-refractivity contribution >= 4 is 27.7 Å². The van der Waals surface area contributed by atoms with E-state index >= 15 is 0 Å². The van der Waals surface area contributed by atoms with Gasteiger partial charge in [-0.05, 0) is 29.2 Å². The zero-order valence-corrected chi connectivity index (χ0v) is 19.7. The summed E-state index contributed by atoms with van der Waals surface area (Å²) in [6, 6.07) is 15.0. The average Bonchev–Trinajstić information content (AvgIpc) is 2.81. The molecular formula is C24H31N3O5S. The van der Waals surface area contributed by atoms with Gasteiger partial charge >= 0.3 is 6.09 Å². The monoisotopic (exact) mass is 473 g/mol. The predicted octanol–water partition coefficient (Wildman–Crippen LogP) is 3.57. The van der Waals surface area contributed by atoms with Gasteiger partial charge in [0.05, 0.1) is 5.75 Å². The maximum Gasteiger partial charge on any atom is 0.408 e. The quantitative estimate of drug-likeness (QED) is 0.408. The lowest BCUT2D eigenvalue weighted by Crippen LogP contribution is -2.47. The minimum Gasteiger partial charge on any atom is -0.445 e. The van der Waals surface area contributed by atoms with Crippen molar-refractivity contribution in [3.8, 4) is 0 Å². The van der Waals surface area contributed by atoms with Gasteiger partial charge in [-0.25, -0.2) is 17.9 Å². The molecule has 33 heavy (non-hydrogen) atoms. The van der Waals surface area contributed by atoms with Gasteiger partial charge in [0.25, 0.3) is 0 Å². The number of hydrogen-bond acceptors (Lipinski definition) is 5. The van der Waals surface area contributed by atoms with Crippen LogP contribution in [0.1, 0.15) is 31.4 Å². The van der Waals surface area contributed by atoms with Crippen molar-refractivity contribution in [1.29, 1.82) is 0 Å². The first kappa shape index (κ1) is 26.1. The Labute approximate surface area is 195 Å². The lowest BCUT2D eigenvalue weighted by Gasteiger charge is -2.23. The summed E-state index contributed by atoms with van der Waals surface area (Å²) in [5.41, 5.74) is 1.91. The number of anilines is 1. The van der Waals surface area contributed by atoms with Gasteiger partial charge in [0.1, 0.15) is 12.6 Å². The first-order chi connectivity index (χ1) is 15.7. The van der Waals surface area contributed by atoms with Crippen LogP contribution in [-0.4, -0.2) is 33.0 Å². The summed E-state index contributed by atoms with van der Waals surface area (Å²) in [6.45, 7) is 7.54. The van der Waals surface area contributed by atoms with E-state index in [1.54, 1.807) is 24.3 Å². The summed E-state index contributed by atoms with van der Waals surface area (Å²) in [7, 11) is -3.47. The van der Waals surface area contributed by atoms with Gasteiger partial charge in [0.2, 0.25) is 15.9 Å². The maximum absolute atomic E-state index is 12.9. The van der Waals surface area contributed by atoms with E-state index in [4.69, 9.17) is 4.74 Å². The van der Waals surface area contributed by atoms with E-state index in [0.29, 0.717) is 17.7 Å². The van der Waals surface area contributed by atoms with Crippen molar-refractivity contribution in [2.75, 3.05) is 11.9 Å². The van der Waals surface area contributed by atoms with E-state index in [1.165, 1.54) is 6.08 Å². The number of sulfonamides is 1. The maximum atomic E-state index is 12.9. The second kappa shape index (κ2) is 12.8. The van der Waals surface area contributed by atoms with Gasteiger partial charge in [-0.3, -0.25) is 4.79 Å².